The first-order chi connectivity index (χ1) is 16.9. The molecule has 0 aromatic heterocycles. The average molecular weight is 470 g/mol. The third-order valence-electron chi connectivity index (χ3n) is 5.79. The van der Waals surface area contributed by atoms with Gasteiger partial charge in [0.2, 0.25) is 0 Å². The Morgan fingerprint density at radius 3 is 2.26 bits per heavy atom. The van der Waals surface area contributed by atoms with E-state index in [1.165, 1.54) is 32.3 Å². The first-order valence-electron chi connectivity index (χ1n) is 10.6. The van der Waals surface area contributed by atoms with Crippen molar-refractivity contribution in [2.45, 2.75) is 6.04 Å². The molecule has 8 heteroatoms. The van der Waals surface area contributed by atoms with Gasteiger partial charge in [0, 0.05) is 11.3 Å². The summed E-state index contributed by atoms with van der Waals surface area (Å²) in [6, 6.07) is 19.0. The zero-order valence-corrected chi connectivity index (χ0v) is 19.3. The van der Waals surface area contributed by atoms with Gasteiger partial charge in [-0.2, -0.15) is 5.26 Å². The Balaban J connectivity index is 1.94. The molecule has 0 spiro atoms. The molecule has 1 aliphatic heterocycles. The number of hydrogen-bond donors (Lipinski definition) is 1. The Bertz CT molecular complexity index is 1370. The van der Waals surface area contributed by atoms with Gasteiger partial charge in [0.05, 0.1) is 44.6 Å². The number of carbonyl (C=O) groups excluding carboxylic acids is 2. The van der Waals surface area contributed by atoms with Crippen LogP contribution >= 0.6 is 0 Å². The number of hydrogen-bond acceptors (Lipinski definition) is 7. The summed E-state index contributed by atoms with van der Waals surface area (Å²) in [5.41, 5.74) is 1.59. The largest absolute Gasteiger partial charge is 0.507 e. The van der Waals surface area contributed by atoms with Gasteiger partial charge >= 0.3 is 0 Å². The van der Waals surface area contributed by atoms with Crippen LogP contribution in [0.3, 0.4) is 0 Å². The summed E-state index contributed by atoms with van der Waals surface area (Å²) in [4.78, 5) is 27.9. The van der Waals surface area contributed by atoms with Crippen LogP contribution in [0.1, 0.15) is 22.7 Å². The highest BCUT2D eigenvalue weighted by molar-refractivity contribution is 6.51. The maximum atomic E-state index is 13.3. The monoisotopic (exact) mass is 470 g/mol. The Morgan fingerprint density at radius 2 is 1.63 bits per heavy atom. The van der Waals surface area contributed by atoms with Crippen LogP contribution in [0.2, 0.25) is 0 Å². The lowest BCUT2D eigenvalue weighted by atomic mass is 9.94. The van der Waals surface area contributed by atoms with Crippen LogP contribution in [-0.4, -0.2) is 38.1 Å². The van der Waals surface area contributed by atoms with Crippen molar-refractivity contribution in [1.82, 2.24) is 0 Å². The molecule has 1 heterocycles. The molecular weight excluding hydrogens is 448 g/mol. The molecule has 3 aromatic rings. The van der Waals surface area contributed by atoms with Crippen LogP contribution < -0.4 is 19.1 Å². The van der Waals surface area contributed by atoms with Crippen molar-refractivity contribution < 1.29 is 28.9 Å². The number of rotatable bonds is 6. The molecule has 0 aliphatic carbocycles. The molecule has 35 heavy (non-hydrogen) atoms. The second kappa shape index (κ2) is 9.61. The first kappa shape index (κ1) is 23.4. The lowest BCUT2D eigenvalue weighted by molar-refractivity contribution is -0.132. The number of ketones is 1. The van der Waals surface area contributed by atoms with E-state index < -0.39 is 17.7 Å². The van der Waals surface area contributed by atoms with E-state index in [2.05, 4.69) is 0 Å². The Morgan fingerprint density at radius 1 is 0.914 bits per heavy atom. The number of aliphatic hydroxyl groups is 1. The van der Waals surface area contributed by atoms with Gasteiger partial charge in [0.15, 0.2) is 11.5 Å². The van der Waals surface area contributed by atoms with Crippen molar-refractivity contribution in [2.24, 2.45) is 0 Å². The molecule has 1 unspecified atom stereocenters. The number of benzene rings is 3. The number of carbonyl (C=O) groups is 2. The molecule has 0 saturated carbocycles. The van der Waals surface area contributed by atoms with Gasteiger partial charge in [-0.05, 0) is 60.2 Å². The summed E-state index contributed by atoms with van der Waals surface area (Å²) in [6.45, 7) is 0. The van der Waals surface area contributed by atoms with Crippen LogP contribution in [0.5, 0.6) is 17.2 Å². The lowest BCUT2D eigenvalue weighted by Crippen LogP contribution is -2.29. The molecule has 1 aliphatic rings. The quantitative estimate of drug-likeness (QED) is 0.326. The van der Waals surface area contributed by atoms with E-state index in [0.717, 1.165) is 0 Å². The second-order valence-electron chi connectivity index (χ2n) is 7.67. The van der Waals surface area contributed by atoms with Crippen molar-refractivity contribution in [3.05, 3.63) is 89.0 Å². The summed E-state index contributed by atoms with van der Waals surface area (Å²) < 4.78 is 15.9. The Labute approximate surface area is 202 Å². The number of nitrogens with zero attached hydrogens (tertiary/aromatic N) is 2. The third kappa shape index (κ3) is 4.15. The minimum atomic E-state index is -0.939. The SMILES string of the molecule is COc1cccc(C2/C(=C(/O)c3ccc(OC)c(OC)c3)C(=O)C(=O)N2c2ccc(C#N)cc2)c1. The summed E-state index contributed by atoms with van der Waals surface area (Å²) in [7, 11) is 4.46. The van der Waals surface area contributed by atoms with Gasteiger partial charge in [-0.25, -0.2) is 0 Å². The zero-order chi connectivity index (χ0) is 25.1. The van der Waals surface area contributed by atoms with E-state index in [0.29, 0.717) is 34.1 Å². The third-order valence-corrected chi connectivity index (χ3v) is 5.79. The van der Waals surface area contributed by atoms with Gasteiger partial charge in [-0.3, -0.25) is 14.5 Å². The number of Topliss-reactive ketones (excluding diaryl/α,β-unsaturated/α-hetero) is 1. The van der Waals surface area contributed by atoms with Crippen molar-refractivity contribution in [2.75, 3.05) is 26.2 Å². The number of anilines is 1. The predicted octanol–water partition coefficient (Wildman–Crippen LogP) is 4.21. The van der Waals surface area contributed by atoms with E-state index in [1.54, 1.807) is 60.7 Å². The van der Waals surface area contributed by atoms with Crippen molar-refractivity contribution in [1.29, 1.82) is 5.26 Å². The van der Waals surface area contributed by atoms with E-state index in [-0.39, 0.29) is 16.9 Å². The zero-order valence-electron chi connectivity index (χ0n) is 19.3. The maximum absolute atomic E-state index is 13.3. The topological polar surface area (TPSA) is 109 Å². The number of methoxy groups -OCH3 is 3. The molecule has 176 valence electrons. The average Bonchev–Trinajstić information content (AvgIpc) is 3.17. The summed E-state index contributed by atoms with van der Waals surface area (Å²) in [5.74, 6) is -0.659. The lowest BCUT2D eigenvalue weighted by Gasteiger charge is -2.25. The van der Waals surface area contributed by atoms with Crippen molar-refractivity contribution in [3.8, 4) is 23.3 Å². The number of nitriles is 1. The van der Waals surface area contributed by atoms with Crippen LogP contribution in [0, 0.1) is 11.3 Å². The van der Waals surface area contributed by atoms with E-state index in [9.17, 15) is 14.7 Å². The normalized spacial score (nSPS) is 16.6. The molecule has 1 N–H and O–H groups in total. The fourth-order valence-electron chi connectivity index (χ4n) is 4.06. The highest BCUT2D eigenvalue weighted by Crippen LogP contribution is 2.43. The molecular formula is C27H22N2O6. The van der Waals surface area contributed by atoms with Crippen LogP contribution in [0.15, 0.2) is 72.3 Å². The second-order valence-corrected chi connectivity index (χ2v) is 7.67. The summed E-state index contributed by atoms with van der Waals surface area (Å²) in [5, 5.41) is 20.4. The van der Waals surface area contributed by atoms with Crippen LogP contribution in [0.25, 0.3) is 5.76 Å². The van der Waals surface area contributed by atoms with Crippen LogP contribution in [0.4, 0.5) is 5.69 Å². The van der Waals surface area contributed by atoms with Gasteiger partial charge in [-0.1, -0.05) is 12.1 Å². The molecule has 0 radical (unpaired) electrons. The maximum Gasteiger partial charge on any atom is 0.300 e. The number of aliphatic hydroxyl groups excluding tert-OH is 1. The molecule has 1 amide bonds. The van der Waals surface area contributed by atoms with Gasteiger partial charge in [-0.15, -0.1) is 0 Å². The van der Waals surface area contributed by atoms with E-state index in [4.69, 9.17) is 19.5 Å². The van der Waals surface area contributed by atoms with Crippen molar-refractivity contribution in [3.63, 3.8) is 0 Å². The molecule has 1 fully saturated rings. The molecule has 1 saturated heterocycles. The highest BCUT2D eigenvalue weighted by Gasteiger charge is 2.47. The van der Waals surface area contributed by atoms with Crippen molar-refractivity contribution >= 4 is 23.1 Å². The molecule has 4 rings (SSSR count). The smallest absolute Gasteiger partial charge is 0.300 e. The molecule has 1 atom stereocenters. The standard InChI is InChI=1S/C27H22N2O6/c1-33-20-6-4-5-17(13-20)24-23(25(30)18-9-12-21(34-2)22(14-18)35-3)26(31)27(32)29(24)19-10-7-16(15-28)8-11-19/h4-14,24,30H,1-3H3/b25-23-. The van der Waals surface area contributed by atoms with Gasteiger partial charge in [0.25, 0.3) is 11.7 Å². The molecule has 3 aromatic carbocycles. The Kier molecular flexibility index (Phi) is 6.42. The molecule has 0 bridgehead atoms. The minimum Gasteiger partial charge on any atom is -0.507 e. The van der Waals surface area contributed by atoms with E-state index >= 15 is 0 Å². The summed E-state index contributed by atoms with van der Waals surface area (Å²) in [6.07, 6.45) is 0. The minimum absolute atomic E-state index is 0.0835. The fourth-order valence-corrected chi connectivity index (χ4v) is 4.06. The van der Waals surface area contributed by atoms with Gasteiger partial charge in [0.1, 0.15) is 11.5 Å². The van der Waals surface area contributed by atoms with Gasteiger partial charge < -0.3 is 19.3 Å². The highest BCUT2D eigenvalue weighted by atomic mass is 16.5. The van der Waals surface area contributed by atoms with Crippen LogP contribution in [-0.2, 0) is 9.59 Å². The number of ether oxygens (including phenoxy) is 3. The fraction of sp³-hybridized carbons (Fsp3) is 0.148. The number of amides is 1. The molecule has 8 nitrogen and oxygen atoms in total. The van der Waals surface area contributed by atoms with E-state index in [1.807, 2.05) is 6.07 Å². The first-order valence-corrected chi connectivity index (χ1v) is 10.6. The Hall–Kier alpha value is -4.77. The summed E-state index contributed by atoms with van der Waals surface area (Å²) >= 11 is 0. The predicted molar refractivity (Wildman–Crippen MR) is 128 cm³/mol.